The molecule has 3 aliphatic rings. The topological polar surface area (TPSA) is 9.23 Å². The van der Waals surface area contributed by atoms with Crippen LogP contribution in [0.3, 0.4) is 0 Å². The van der Waals surface area contributed by atoms with Gasteiger partial charge in [-0.2, -0.15) is 4.39 Å². The van der Waals surface area contributed by atoms with Gasteiger partial charge in [0.2, 0.25) is 5.82 Å². The third kappa shape index (κ3) is 3.51. The summed E-state index contributed by atoms with van der Waals surface area (Å²) in [6.45, 7) is 2.32. The van der Waals surface area contributed by atoms with Gasteiger partial charge in [0.05, 0.1) is 7.11 Å². The quantitative estimate of drug-likeness (QED) is 0.532. The van der Waals surface area contributed by atoms with E-state index in [9.17, 15) is 8.78 Å². The Morgan fingerprint density at radius 1 is 0.852 bits per heavy atom. The molecule has 0 aliphatic heterocycles. The first-order valence-electron chi connectivity index (χ1n) is 11.2. The molecular formula is C24H34F2O. The fourth-order valence-electron chi connectivity index (χ4n) is 6.96. The normalized spacial score (nSPS) is 36.0. The van der Waals surface area contributed by atoms with Gasteiger partial charge >= 0.3 is 0 Å². The fourth-order valence-corrected chi connectivity index (χ4v) is 6.96. The Bertz CT molecular complexity index is 650. The maximum absolute atomic E-state index is 14.5. The molecule has 0 N–H and O–H groups in total. The van der Waals surface area contributed by atoms with E-state index in [0.717, 1.165) is 42.4 Å². The number of halogens is 2. The lowest BCUT2D eigenvalue weighted by molar-refractivity contribution is 0.177. The summed E-state index contributed by atoms with van der Waals surface area (Å²) in [5, 5.41) is 0. The van der Waals surface area contributed by atoms with Crippen LogP contribution in [0.2, 0.25) is 0 Å². The number of hydrogen-bond acceptors (Lipinski definition) is 1. The van der Waals surface area contributed by atoms with E-state index in [1.807, 2.05) is 0 Å². The Morgan fingerprint density at radius 3 is 2.26 bits per heavy atom. The van der Waals surface area contributed by atoms with E-state index < -0.39 is 11.6 Å². The summed E-state index contributed by atoms with van der Waals surface area (Å²) in [4.78, 5) is 0. The van der Waals surface area contributed by atoms with Gasteiger partial charge in [-0.3, -0.25) is 0 Å². The largest absolute Gasteiger partial charge is 0.494 e. The van der Waals surface area contributed by atoms with Crippen LogP contribution in [-0.2, 0) is 0 Å². The van der Waals surface area contributed by atoms with Crippen LogP contribution in [-0.4, -0.2) is 7.11 Å². The van der Waals surface area contributed by atoms with Crippen LogP contribution in [0.4, 0.5) is 8.78 Å². The first-order valence-corrected chi connectivity index (χ1v) is 11.2. The minimum atomic E-state index is -0.830. The van der Waals surface area contributed by atoms with E-state index in [1.54, 1.807) is 12.1 Å². The first-order chi connectivity index (χ1) is 13.1. The summed E-state index contributed by atoms with van der Waals surface area (Å²) in [5.74, 6) is 3.27. The van der Waals surface area contributed by atoms with E-state index in [2.05, 4.69) is 6.92 Å². The predicted octanol–water partition coefficient (Wildman–Crippen LogP) is 7.10. The molecule has 0 radical (unpaired) electrons. The summed E-state index contributed by atoms with van der Waals surface area (Å²) in [7, 11) is 1.38. The van der Waals surface area contributed by atoms with Gasteiger partial charge in [-0.1, -0.05) is 25.8 Å². The van der Waals surface area contributed by atoms with Crippen molar-refractivity contribution >= 4 is 0 Å². The smallest absolute Gasteiger partial charge is 0.200 e. The van der Waals surface area contributed by atoms with Crippen LogP contribution in [0, 0.1) is 41.2 Å². The third-order valence-corrected chi connectivity index (χ3v) is 8.18. The zero-order valence-electron chi connectivity index (χ0n) is 16.9. The average Bonchev–Trinajstić information content (AvgIpc) is 3.28. The summed E-state index contributed by atoms with van der Waals surface area (Å²) in [6.07, 6.45) is 12.9. The Balaban J connectivity index is 1.38. The van der Waals surface area contributed by atoms with E-state index in [0.29, 0.717) is 5.56 Å². The van der Waals surface area contributed by atoms with Crippen LogP contribution < -0.4 is 4.74 Å². The van der Waals surface area contributed by atoms with Crippen LogP contribution in [0.15, 0.2) is 12.1 Å². The van der Waals surface area contributed by atoms with Crippen molar-refractivity contribution in [2.24, 2.45) is 29.6 Å². The van der Waals surface area contributed by atoms with Crippen molar-refractivity contribution in [3.63, 3.8) is 0 Å². The standard InChI is InChI=1S/C24H34F2O/c1-3-4-15-9-10-21-18(15)11-12-19(21)16-5-7-17(8-6-16)20-13-14-22(27-2)24(26)23(20)25/h13-19,21H,3-12H2,1-2H3. The van der Waals surface area contributed by atoms with Crippen LogP contribution in [0.1, 0.15) is 82.6 Å². The number of benzene rings is 1. The summed E-state index contributed by atoms with van der Waals surface area (Å²) < 4.78 is 33.5. The van der Waals surface area contributed by atoms with E-state index in [-0.39, 0.29) is 11.7 Å². The molecule has 0 heterocycles. The average molecular weight is 377 g/mol. The third-order valence-electron chi connectivity index (χ3n) is 8.18. The molecule has 3 fully saturated rings. The van der Waals surface area contributed by atoms with Gasteiger partial charge in [-0.25, -0.2) is 4.39 Å². The van der Waals surface area contributed by atoms with E-state index in [4.69, 9.17) is 4.74 Å². The van der Waals surface area contributed by atoms with Gasteiger partial charge in [0.15, 0.2) is 11.6 Å². The summed E-state index contributed by atoms with van der Waals surface area (Å²) in [5.41, 5.74) is 0.555. The Labute approximate surface area is 162 Å². The van der Waals surface area contributed by atoms with Crippen molar-refractivity contribution in [2.45, 2.75) is 77.0 Å². The maximum atomic E-state index is 14.5. The predicted molar refractivity (Wildman–Crippen MR) is 105 cm³/mol. The van der Waals surface area contributed by atoms with Gasteiger partial charge in [-0.05, 0) is 98.5 Å². The molecule has 0 spiro atoms. The molecule has 150 valence electrons. The molecule has 0 saturated heterocycles. The molecule has 27 heavy (non-hydrogen) atoms. The molecule has 3 saturated carbocycles. The molecule has 0 bridgehead atoms. The van der Waals surface area contributed by atoms with Crippen molar-refractivity contribution in [1.29, 1.82) is 0 Å². The van der Waals surface area contributed by atoms with Gasteiger partial charge in [-0.15, -0.1) is 0 Å². The summed E-state index contributed by atoms with van der Waals surface area (Å²) in [6, 6.07) is 3.31. The van der Waals surface area contributed by atoms with E-state index >= 15 is 0 Å². The SMILES string of the molecule is CCCC1CCC2C(C3CCC(c4ccc(OC)c(F)c4F)CC3)CCC12. The van der Waals surface area contributed by atoms with Crippen molar-refractivity contribution in [2.75, 3.05) is 7.11 Å². The van der Waals surface area contributed by atoms with Crippen molar-refractivity contribution < 1.29 is 13.5 Å². The highest BCUT2D eigenvalue weighted by molar-refractivity contribution is 5.33. The number of rotatable bonds is 5. The highest BCUT2D eigenvalue weighted by Gasteiger charge is 2.47. The first kappa shape index (κ1) is 19.2. The molecule has 4 rings (SSSR count). The number of methoxy groups -OCH3 is 1. The van der Waals surface area contributed by atoms with E-state index in [1.165, 1.54) is 58.5 Å². The highest BCUT2D eigenvalue weighted by Crippen LogP contribution is 2.56. The molecular weight excluding hydrogens is 342 g/mol. The second kappa shape index (κ2) is 8.09. The number of fused-ring (bicyclic) bond motifs is 1. The van der Waals surface area contributed by atoms with Gasteiger partial charge < -0.3 is 4.74 Å². The Morgan fingerprint density at radius 2 is 1.56 bits per heavy atom. The second-order valence-electron chi connectivity index (χ2n) is 9.29. The minimum absolute atomic E-state index is 0.00444. The highest BCUT2D eigenvalue weighted by atomic mass is 19.2. The van der Waals surface area contributed by atoms with Crippen molar-refractivity contribution in [3.05, 3.63) is 29.3 Å². The molecule has 3 aliphatic carbocycles. The van der Waals surface area contributed by atoms with Gasteiger partial charge in [0, 0.05) is 0 Å². The fraction of sp³-hybridized carbons (Fsp3) is 0.750. The van der Waals surface area contributed by atoms with Crippen molar-refractivity contribution in [3.8, 4) is 5.75 Å². The molecule has 1 aromatic rings. The lowest BCUT2D eigenvalue weighted by Crippen LogP contribution is -2.25. The number of ether oxygens (including phenoxy) is 1. The lowest BCUT2D eigenvalue weighted by atomic mass is 9.70. The molecule has 4 atom stereocenters. The van der Waals surface area contributed by atoms with Gasteiger partial charge in [0.25, 0.3) is 0 Å². The molecule has 1 aromatic carbocycles. The Kier molecular flexibility index (Phi) is 5.75. The van der Waals surface area contributed by atoms with Crippen LogP contribution in [0.5, 0.6) is 5.75 Å². The van der Waals surface area contributed by atoms with Crippen LogP contribution in [0.25, 0.3) is 0 Å². The lowest BCUT2D eigenvalue weighted by Gasteiger charge is -2.35. The summed E-state index contributed by atoms with van der Waals surface area (Å²) >= 11 is 0. The molecule has 3 heteroatoms. The molecule has 0 amide bonds. The second-order valence-corrected chi connectivity index (χ2v) is 9.29. The van der Waals surface area contributed by atoms with Crippen LogP contribution >= 0.6 is 0 Å². The zero-order valence-corrected chi connectivity index (χ0v) is 16.9. The zero-order chi connectivity index (χ0) is 19.0. The Hall–Kier alpha value is -1.12. The maximum Gasteiger partial charge on any atom is 0.200 e. The molecule has 4 unspecified atom stereocenters. The molecule has 1 nitrogen and oxygen atoms in total. The molecule has 0 aromatic heterocycles. The van der Waals surface area contributed by atoms with Gasteiger partial charge in [0.1, 0.15) is 0 Å². The number of hydrogen-bond donors (Lipinski definition) is 0. The monoisotopic (exact) mass is 376 g/mol. The minimum Gasteiger partial charge on any atom is -0.494 e. The van der Waals surface area contributed by atoms with Crippen molar-refractivity contribution in [1.82, 2.24) is 0 Å².